The summed E-state index contributed by atoms with van der Waals surface area (Å²) in [6.07, 6.45) is 1.67. The van der Waals surface area contributed by atoms with E-state index in [1.165, 1.54) is 0 Å². The van der Waals surface area contributed by atoms with Crippen molar-refractivity contribution in [1.29, 1.82) is 0 Å². The number of phenols is 2. The van der Waals surface area contributed by atoms with Crippen LogP contribution in [0.4, 0.5) is 0 Å². The zero-order chi connectivity index (χ0) is 18.6. The second-order valence-electron chi connectivity index (χ2n) is 5.86. The summed E-state index contributed by atoms with van der Waals surface area (Å²) in [7, 11) is 0. The molecular weight excluding hydrogens is 422 g/mol. The van der Waals surface area contributed by atoms with Crippen LogP contribution in [0.15, 0.2) is 85.1 Å². The van der Waals surface area contributed by atoms with Crippen molar-refractivity contribution < 1.29 is 29.7 Å². The summed E-state index contributed by atoms with van der Waals surface area (Å²) >= 11 is 1.59. The number of hydrogen-bond acceptors (Lipinski definition) is 5. The smallest absolute Gasteiger partial charge is 0.141 e. The summed E-state index contributed by atoms with van der Waals surface area (Å²) in [5.41, 5.74) is 2.43. The van der Waals surface area contributed by atoms with Crippen molar-refractivity contribution in [3.63, 3.8) is 0 Å². The molecule has 134 valence electrons. The van der Waals surface area contributed by atoms with Crippen LogP contribution in [-0.4, -0.2) is 20.2 Å². The van der Waals surface area contributed by atoms with Gasteiger partial charge in [-0.05, 0) is 36.4 Å². The van der Waals surface area contributed by atoms with Gasteiger partial charge in [-0.2, -0.15) is 0 Å². The summed E-state index contributed by atoms with van der Waals surface area (Å²) in [6, 6.07) is 24.4. The first-order valence-electron chi connectivity index (χ1n) is 8.39. The van der Waals surface area contributed by atoms with E-state index in [-0.39, 0.29) is 31.0 Å². The normalized spacial score (nSPS) is 10.1. The molecule has 0 bridgehead atoms. The van der Waals surface area contributed by atoms with Crippen LogP contribution >= 0.6 is 11.3 Å². The fourth-order valence-corrected chi connectivity index (χ4v) is 3.73. The molecule has 0 amide bonds. The molecule has 0 aliphatic rings. The third-order valence-electron chi connectivity index (χ3n) is 4.04. The molecule has 0 fully saturated rings. The average molecular weight is 438 g/mol. The van der Waals surface area contributed by atoms with Gasteiger partial charge in [0.2, 0.25) is 0 Å². The molecule has 0 aliphatic heterocycles. The molecule has 0 aliphatic carbocycles. The van der Waals surface area contributed by atoms with E-state index >= 15 is 0 Å². The van der Waals surface area contributed by atoms with Crippen molar-refractivity contribution >= 4 is 32.5 Å². The van der Waals surface area contributed by atoms with Crippen molar-refractivity contribution in [3.8, 4) is 22.1 Å². The van der Waals surface area contributed by atoms with Gasteiger partial charge in [0.05, 0.1) is 15.8 Å². The molecule has 3 aromatic carbocycles. The van der Waals surface area contributed by atoms with Crippen LogP contribution in [0.5, 0.6) is 11.5 Å². The minimum atomic E-state index is 0. The van der Waals surface area contributed by atoms with E-state index in [0.29, 0.717) is 5.52 Å². The second-order valence-corrected chi connectivity index (χ2v) is 6.89. The molecule has 2 heterocycles. The number of para-hydroxylation sites is 3. The Bertz CT molecular complexity index is 1190. The third-order valence-corrected chi connectivity index (χ3v) is 5.11. The van der Waals surface area contributed by atoms with Gasteiger partial charge < -0.3 is 10.2 Å². The Hall–Kier alpha value is -2.82. The van der Waals surface area contributed by atoms with Gasteiger partial charge in [0.15, 0.2) is 0 Å². The number of nitrogens with zero attached hydrogens (tertiary/aromatic N) is 2. The number of thiazole rings is 1. The quantitative estimate of drug-likeness (QED) is 0.335. The van der Waals surface area contributed by atoms with Crippen molar-refractivity contribution in [2.24, 2.45) is 0 Å². The van der Waals surface area contributed by atoms with E-state index in [9.17, 15) is 10.2 Å². The fourth-order valence-electron chi connectivity index (χ4n) is 2.73. The molecule has 4 nitrogen and oxygen atoms in total. The van der Waals surface area contributed by atoms with E-state index in [0.717, 1.165) is 26.2 Å². The molecule has 0 atom stereocenters. The minimum absolute atomic E-state index is 0. The Morgan fingerprint density at radius 3 is 2.21 bits per heavy atom. The van der Waals surface area contributed by atoms with Gasteiger partial charge in [-0.25, -0.2) is 4.98 Å². The van der Waals surface area contributed by atoms with Crippen LogP contribution in [0, 0.1) is 0 Å². The zero-order valence-corrected chi connectivity index (χ0v) is 18.8. The van der Waals surface area contributed by atoms with E-state index in [1.807, 2.05) is 60.7 Å². The topological polar surface area (TPSA) is 66.2 Å². The van der Waals surface area contributed by atoms with Crippen molar-refractivity contribution in [2.75, 3.05) is 0 Å². The number of pyridine rings is 1. The molecule has 0 saturated heterocycles. The monoisotopic (exact) mass is 436 g/mol. The molecule has 28 heavy (non-hydrogen) atoms. The maximum Gasteiger partial charge on any atom is 0.141 e. The molecule has 2 N–H and O–H groups in total. The minimum Gasteiger partial charge on any atom is -0.507 e. The summed E-state index contributed by atoms with van der Waals surface area (Å²) in [6.45, 7) is 0. The predicted molar refractivity (Wildman–Crippen MR) is 110 cm³/mol. The van der Waals surface area contributed by atoms with Crippen LogP contribution in [0.25, 0.3) is 31.7 Å². The molecule has 6 heteroatoms. The average Bonchev–Trinajstić information content (AvgIpc) is 3.13. The van der Waals surface area contributed by atoms with Crippen LogP contribution in [-0.2, 0) is 19.5 Å². The Morgan fingerprint density at radius 1 is 0.714 bits per heavy atom. The van der Waals surface area contributed by atoms with Gasteiger partial charge in [0.25, 0.3) is 0 Å². The third kappa shape index (κ3) is 4.19. The van der Waals surface area contributed by atoms with Gasteiger partial charge in [-0.3, -0.25) is 4.98 Å². The second kappa shape index (κ2) is 8.92. The molecular formula is C22H16N2O2SZn. The Kier molecular flexibility index (Phi) is 6.35. The van der Waals surface area contributed by atoms with E-state index in [4.69, 9.17) is 0 Å². The molecule has 5 aromatic rings. The van der Waals surface area contributed by atoms with Gasteiger partial charge in [0, 0.05) is 31.1 Å². The molecule has 0 spiro atoms. The van der Waals surface area contributed by atoms with Gasteiger partial charge in [0.1, 0.15) is 22.0 Å². The number of aromatic hydroxyl groups is 2. The number of fused-ring (bicyclic) bond motifs is 2. The Morgan fingerprint density at radius 2 is 1.43 bits per heavy atom. The predicted octanol–water partition coefficient (Wildman–Crippen LogP) is 5.61. The largest absolute Gasteiger partial charge is 0.507 e. The Labute approximate surface area is 178 Å². The van der Waals surface area contributed by atoms with Crippen LogP contribution in [0.3, 0.4) is 0 Å². The van der Waals surface area contributed by atoms with Gasteiger partial charge in [-0.15, -0.1) is 11.3 Å². The SMILES string of the molecule is Oc1cccc2cccnc12.Oc1ccccc1-c1nc2ccccc2s1.[Zn]. The van der Waals surface area contributed by atoms with E-state index in [2.05, 4.69) is 9.97 Å². The molecule has 0 radical (unpaired) electrons. The van der Waals surface area contributed by atoms with Crippen molar-refractivity contribution in [3.05, 3.63) is 85.1 Å². The number of phenolic OH excluding ortho intramolecular Hbond substituents is 2. The first kappa shape index (κ1) is 19.9. The summed E-state index contributed by atoms with van der Waals surface area (Å²) in [5, 5.41) is 20.9. The van der Waals surface area contributed by atoms with Crippen LogP contribution in [0.2, 0.25) is 0 Å². The summed E-state index contributed by atoms with van der Waals surface area (Å²) in [5.74, 6) is 0.518. The number of benzene rings is 3. The summed E-state index contributed by atoms with van der Waals surface area (Å²) in [4.78, 5) is 8.53. The van der Waals surface area contributed by atoms with E-state index < -0.39 is 0 Å². The van der Waals surface area contributed by atoms with Crippen molar-refractivity contribution in [1.82, 2.24) is 9.97 Å². The number of aromatic nitrogens is 2. The maximum atomic E-state index is 9.76. The maximum absolute atomic E-state index is 9.76. The van der Waals surface area contributed by atoms with E-state index in [1.54, 1.807) is 35.7 Å². The van der Waals surface area contributed by atoms with Crippen LogP contribution in [0.1, 0.15) is 0 Å². The first-order chi connectivity index (χ1) is 13.2. The van der Waals surface area contributed by atoms with Crippen LogP contribution < -0.4 is 0 Å². The Balaban J connectivity index is 0.000000165. The van der Waals surface area contributed by atoms with Crippen molar-refractivity contribution in [2.45, 2.75) is 0 Å². The van der Waals surface area contributed by atoms with Gasteiger partial charge in [-0.1, -0.05) is 42.5 Å². The molecule has 2 aromatic heterocycles. The number of hydrogen-bond donors (Lipinski definition) is 2. The molecule has 5 rings (SSSR count). The van der Waals surface area contributed by atoms with Gasteiger partial charge >= 0.3 is 0 Å². The zero-order valence-electron chi connectivity index (χ0n) is 15.0. The standard InChI is InChI=1S/C13H9NOS.C9H7NO.Zn/c15-11-7-3-1-5-9(11)13-14-10-6-2-4-8-12(10)16-13;11-8-5-1-3-7-4-2-6-10-9(7)8;/h1-8,15H;1-6,11H;. The summed E-state index contributed by atoms with van der Waals surface area (Å²) < 4.78 is 1.14. The molecule has 0 saturated carbocycles. The first-order valence-corrected chi connectivity index (χ1v) is 9.21. The molecule has 0 unspecified atom stereocenters. The number of rotatable bonds is 1. The fraction of sp³-hybridized carbons (Fsp3) is 0.